The summed E-state index contributed by atoms with van der Waals surface area (Å²) in [6.45, 7) is 5.83. The second-order valence-corrected chi connectivity index (χ2v) is 3.62. The van der Waals surface area contributed by atoms with Crippen molar-refractivity contribution < 1.29 is 4.79 Å². The molecule has 1 heteroatoms. The summed E-state index contributed by atoms with van der Waals surface area (Å²) in [7, 11) is 0. The summed E-state index contributed by atoms with van der Waals surface area (Å²) in [5, 5.41) is 0. The van der Waals surface area contributed by atoms with E-state index in [1.54, 1.807) is 6.92 Å². The lowest BCUT2D eigenvalue weighted by Gasteiger charge is -1.99. The number of rotatable bonds is 5. The standard InChI is InChI=1S/C13H20O/c1-4-5-6-7-8-9-12(2)10-11-13(3)14/h6-7,12H,4-5,10-11H2,1-3H3. The number of hydrogen-bond donors (Lipinski definition) is 0. The van der Waals surface area contributed by atoms with Gasteiger partial charge in [-0.2, -0.15) is 0 Å². The second-order valence-electron chi connectivity index (χ2n) is 3.62. The quantitative estimate of drug-likeness (QED) is 0.610. The molecule has 0 rings (SSSR count). The van der Waals surface area contributed by atoms with E-state index in [9.17, 15) is 4.79 Å². The molecular formula is C13H20O. The summed E-state index contributed by atoms with van der Waals surface area (Å²) < 4.78 is 0. The van der Waals surface area contributed by atoms with Crippen molar-refractivity contribution in [1.29, 1.82) is 0 Å². The summed E-state index contributed by atoms with van der Waals surface area (Å²) in [5.41, 5.74) is 0. The van der Waals surface area contributed by atoms with E-state index in [0.29, 0.717) is 12.3 Å². The van der Waals surface area contributed by atoms with Gasteiger partial charge >= 0.3 is 0 Å². The van der Waals surface area contributed by atoms with Crippen molar-refractivity contribution in [3.63, 3.8) is 0 Å². The summed E-state index contributed by atoms with van der Waals surface area (Å²) in [6.07, 6.45) is 7.78. The van der Waals surface area contributed by atoms with Gasteiger partial charge in [-0.05, 0) is 25.8 Å². The molecule has 0 aliphatic rings. The Kier molecular flexibility index (Phi) is 7.93. The van der Waals surface area contributed by atoms with E-state index in [4.69, 9.17) is 0 Å². The van der Waals surface area contributed by atoms with Crippen LogP contribution in [0.1, 0.15) is 46.5 Å². The third-order valence-electron chi connectivity index (χ3n) is 1.92. The molecule has 0 N–H and O–H groups in total. The van der Waals surface area contributed by atoms with Gasteiger partial charge in [0.1, 0.15) is 5.78 Å². The highest BCUT2D eigenvalue weighted by Gasteiger charge is 1.98. The van der Waals surface area contributed by atoms with Crippen LogP contribution >= 0.6 is 0 Å². The van der Waals surface area contributed by atoms with Crippen LogP contribution < -0.4 is 0 Å². The average molecular weight is 192 g/mol. The SMILES string of the molecule is CCCC=CC#CC(C)CCC(C)=O. The van der Waals surface area contributed by atoms with Crippen molar-refractivity contribution in [3.8, 4) is 11.8 Å². The molecule has 78 valence electrons. The van der Waals surface area contributed by atoms with Gasteiger partial charge in [0, 0.05) is 12.3 Å². The van der Waals surface area contributed by atoms with E-state index in [1.165, 1.54) is 0 Å². The van der Waals surface area contributed by atoms with Gasteiger partial charge in [0.25, 0.3) is 0 Å². The van der Waals surface area contributed by atoms with Crippen molar-refractivity contribution in [3.05, 3.63) is 12.2 Å². The molecule has 0 fully saturated rings. The van der Waals surface area contributed by atoms with Crippen molar-refractivity contribution >= 4 is 5.78 Å². The summed E-state index contributed by atoms with van der Waals surface area (Å²) in [4.78, 5) is 10.7. The number of ketones is 1. The summed E-state index contributed by atoms with van der Waals surface area (Å²) in [5.74, 6) is 6.68. The van der Waals surface area contributed by atoms with Gasteiger partial charge in [-0.1, -0.05) is 38.2 Å². The van der Waals surface area contributed by atoms with Gasteiger partial charge in [-0.25, -0.2) is 0 Å². The molecule has 0 saturated carbocycles. The minimum absolute atomic E-state index is 0.250. The molecular weight excluding hydrogens is 172 g/mol. The number of unbranched alkanes of at least 4 members (excludes halogenated alkanes) is 1. The second kappa shape index (κ2) is 8.56. The molecule has 0 bridgehead atoms. The van der Waals surface area contributed by atoms with Gasteiger partial charge in [-0.15, -0.1) is 0 Å². The summed E-state index contributed by atoms with van der Waals surface area (Å²) >= 11 is 0. The van der Waals surface area contributed by atoms with Crippen molar-refractivity contribution in [1.82, 2.24) is 0 Å². The number of allylic oxidation sites excluding steroid dienone is 2. The fourth-order valence-electron chi connectivity index (χ4n) is 0.991. The molecule has 14 heavy (non-hydrogen) atoms. The minimum Gasteiger partial charge on any atom is -0.300 e. The van der Waals surface area contributed by atoms with Gasteiger partial charge in [0.15, 0.2) is 0 Å². The van der Waals surface area contributed by atoms with E-state index >= 15 is 0 Å². The molecule has 0 amide bonds. The predicted octanol–water partition coefficient (Wildman–Crippen LogP) is 3.35. The molecule has 0 saturated heterocycles. The number of Topliss-reactive ketones (excluding diaryl/α,β-unsaturated/α-hetero) is 1. The van der Waals surface area contributed by atoms with Gasteiger partial charge in [0.05, 0.1) is 0 Å². The maximum atomic E-state index is 10.7. The number of carbonyl (C=O) groups is 1. The lowest BCUT2D eigenvalue weighted by Crippen LogP contribution is -1.95. The topological polar surface area (TPSA) is 17.1 Å². The Morgan fingerprint density at radius 2 is 2.21 bits per heavy atom. The van der Waals surface area contributed by atoms with Crippen LogP contribution in [0.15, 0.2) is 12.2 Å². The molecule has 0 aromatic heterocycles. The smallest absolute Gasteiger partial charge is 0.129 e. The molecule has 0 heterocycles. The van der Waals surface area contributed by atoms with Crippen LogP contribution in [0.2, 0.25) is 0 Å². The first-order valence-electron chi connectivity index (χ1n) is 5.32. The molecule has 0 spiro atoms. The lowest BCUT2D eigenvalue weighted by atomic mass is 10.0. The molecule has 0 aliphatic heterocycles. The molecule has 1 nitrogen and oxygen atoms in total. The molecule has 0 aromatic carbocycles. The van der Waals surface area contributed by atoms with E-state index in [0.717, 1.165) is 19.3 Å². The van der Waals surface area contributed by atoms with E-state index in [2.05, 4.69) is 31.8 Å². The van der Waals surface area contributed by atoms with Crippen LogP contribution in [0.3, 0.4) is 0 Å². The largest absolute Gasteiger partial charge is 0.300 e. The fraction of sp³-hybridized carbons (Fsp3) is 0.615. The Labute approximate surface area is 87.6 Å². The Bertz CT molecular complexity index is 240. The zero-order chi connectivity index (χ0) is 10.8. The highest BCUT2D eigenvalue weighted by atomic mass is 16.1. The highest BCUT2D eigenvalue weighted by Crippen LogP contribution is 2.03. The van der Waals surface area contributed by atoms with Crippen molar-refractivity contribution in [2.24, 2.45) is 5.92 Å². The lowest BCUT2D eigenvalue weighted by molar-refractivity contribution is -0.117. The van der Waals surface area contributed by atoms with E-state index < -0.39 is 0 Å². The maximum Gasteiger partial charge on any atom is 0.129 e. The van der Waals surface area contributed by atoms with Crippen molar-refractivity contribution in [2.45, 2.75) is 46.5 Å². The average Bonchev–Trinajstić information content (AvgIpc) is 2.14. The first-order valence-corrected chi connectivity index (χ1v) is 5.32. The number of hydrogen-bond acceptors (Lipinski definition) is 1. The molecule has 1 atom stereocenters. The Balaban J connectivity index is 3.68. The van der Waals surface area contributed by atoms with Crippen LogP contribution in [-0.2, 0) is 4.79 Å². The van der Waals surface area contributed by atoms with Gasteiger partial charge < -0.3 is 4.79 Å². The van der Waals surface area contributed by atoms with Crippen LogP contribution in [0.4, 0.5) is 0 Å². The van der Waals surface area contributed by atoms with Crippen LogP contribution in [0.25, 0.3) is 0 Å². The third kappa shape index (κ3) is 9.06. The van der Waals surface area contributed by atoms with E-state index in [-0.39, 0.29) is 5.78 Å². The first kappa shape index (κ1) is 13.0. The Hall–Kier alpha value is -1.03. The zero-order valence-corrected chi connectivity index (χ0v) is 9.47. The normalized spacial score (nSPS) is 12.2. The van der Waals surface area contributed by atoms with Gasteiger partial charge in [0.2, 0.25) is 0 Å². The summed E-state index contributed by atoms with van der Waals surface area (Å²) in [6, 6.07) is 0. The maximum absolute atomic E-state index is 10.7. The molecule has 1 unspecified atom stereocenters. The Morgan fingerprint density at radius 3 is 2.79 bits per heavy atom. The van der Waals surface area contributed by atoms with Crippen LogP contribution in [0, 0.1) is 17.8 Å². The van der Waals surface area contributed by atoms with Gasteiger partial charge in [-0.3, -0.25) is 0 Å². The highest BCUT2D eigenvalue weighted by molar-refractivity contribution is 5.75. The fourth-order valence-corrected chi connectivity index (χ4v) is 0.991. The van der Waals surface area contributed by atoms with Crippen molar-refractivity contribution in [2.75, 3.05) is 0 Å². The molecule has 0 aromatic rings. The first-order chi connectivity index (χ1) is 6.66. The number of carbonyl (C=O) groups excluding carboxylic acids is 1. The minimum atomic E-state index is 0.250. The Morgan fingerprint density at radius 1 is 1.50 bits per heavy atom. The molecule has 0 aliphatic carbocycles. The third-order valence-corrected chi connectivity index (χ3v) is 1.92. The zero-order valence-electron chi connectivity index (χ0n) is 9.47. The predicted molar refractivity (Wildman–Crippen MR) is 60.9 cm³/mol. The van der Waals surface area contributed by atoms with E-state index in [1.807, 2.05) is 6.08 Å². The van der Waals surface area contributed by atoms with Crippen LogP contribution in [-0.4, -0.2) is 5.78 Å². The van der Waals surface area contributed by atoms with Crippen LogP contribution in [0.5, 0.6) is 0 Å². The monoisotopic (exact) mass is 192 g/mol. The molecule has 0 radical (unpaired) electrons.